The van der Waals surface area contributed by atoms with Gasteiger partial charge >= 0.3 is 0 Å². The van der Waals surface area contributed by atoms with E-state index in [0.717, 1.165) is 38.5 Å². The Morgan fingerprint density at radius 2 is 0.900 bits per heavy atom. The summed E-state index contributed by atoms with van der Waals surface area (Å²) < 4.78 is 0. The lowest BCUT2D eigenvalue weighted by atomic mass is 10.1. The van der Waals surface area contributed by atoms with Gasteiger partial charge in [-0.2, -0.15) is 0 Å². The van der Waals surface area contributed by atoms with Crippen LogP contribution in [0.2, 0.25) is 0 Å². The van der Waals surface area contributed by atoms with Crippen molar-refractivity contribution >= 4 is 23.1 Å². The molecule has 0 N–H and O–H groups in total. The predicted octanol–water partition coefficient (Wildman–Crippen LogP) is 3.45. The average molecular weight is 284 g/mol. The predicted molar refractivity (Wildman–Crippen MR) is 79.7 cm³/mol. The summed E-state index contributed by atoms with van der Waals surface area (Å²) in [5.41, 5.74) is 0. The van der Waals surface area contributed by atoms with Gasteiger partial charge in [0.25, 0.3) is 0 Å². The van der Waals surface area contributed by atoms with Crippen LogP contribution in [0.3, 0.4) is 0 Å². The molecule has 0 aliphatic carbocycles. The number of unbranched alkanes of at least 4 members (excludes halogenated alkanes) is 4. The minimum absolute atomic E-state index is 0.228. The monoisotopic (exact) mass is 284 g/mol. The second kappa shape index (κ2) is 14.1. The summed E-state index contributed by atoms with van der Waals surface area (Å²) in [4.78, 5) is 42.1. The van der Waals surface area contributed by atoms with Gasteiger partial charge in [-0.15, -0.1) is 0 Å². The summed E-state index contributed by atoms with van der Waals surface area (Å²) in [5.74, 6) is -1.07. The Morgan fingerprint density at radius 1 is 0.600 bits per heavy atom. The van der Waals surface area contributed by atoms with Crippen LogP contribution < -0.4 is 0 Å². The highest BCUT2D eigenvalue weighted by Gasteiger charge is 2.05. The highest BCUT2D eigenvalue weighted by molar-refractivity contribution is 6.36. The molecule has 0 aromatic heterocycles. The normalized spacial score (nSPS) is 9.40. The van der Waals surface area contributed by atoms with Gasteiger partial charge in [0.1, 0.15) is 0 Å². The second-order valence-corrected chi connectivity index (χ2v) is 4.87. The third-order valence-electron chi connectivity index (χ3n) is 2.80. The van der Waals surface area contributed by atoms with Crippen molar-refractivity contribution in [1.29, 1.82) is 0 Å². The van der Waals surface area contributed by atoms with Gasteiger partial charge in [0, 0.05) is 26.7 Å². The summed E-state index contributed by atoms with van der Waals surface area (Å²) in [6.45, 7) is 6.79. The molecule has 0 fully saturated rings. The molecule has 0 aromatic rings. The number of rotatable bonds is 10. The standard InChI is InChI=1S/2C8H14O2/c2*1-3-4-5-6-8(10)7(2)9/h2*3-6H2,1-2H3. The van der Waals surface area contributed by atoms with E-state index in [0.29, 0.717) is 12.8 Å². The molecule has 0 spiro atoms. The number of hydrogen-bond acceptors (Lipinski definition) is 4. The quantitative estimate of drug-likeness (QED) is 0.455. The Bertz CT molecular complexity index is 286. The van der Waals surface area contributed by atoms with Crippen LogP contribution in [0, 0.1) is 0 Å². The van der Waals surface area contributed by atoms with Crippen molar-refractivity contribution in [3.05, 3.63) is 0 Å². The Balaban J connectivity index is 0. The Labute approximate surface area is 122 Å². The summed E-state index contributed by atoms with van der Waals surface area (Å²) in [7, 11) is 0. The van der Waals surface area contributed by atoms with Crippen molar-refractivity contribution in [2.45, 2.75) is 79.1 Å². The lowest BCUT2D eigenvalue weighted by Gasteiger charge is -1.93. The highest BCUT2D eigenvalue weighted by Crippen LogP contribution is 2.00. The first-order chi connectivity index (χ1) is 9.36. The summed E-state index contributed by atoms with van der Waals surface area (Å²) in [6, 6.07) is 0. The van der Waals surface area contributed by atoms with E-state index in [1.165, 1.54) is 13.8 Å². The maximum absolute atomic E-state index is 10.7. The molecule has 20 heavy (non-hydrogen) atoms. The van der Waals surface area contributed by atoms with E-state index in [1.807, 2.05) is 0 Å². The fourth-order valence-electron chi connectivity index (χ4n) is 1.42. The van der Waals surface area contributed by atoms with E-state index < -0.39 is 0 Å². The molecule has 4 heteroatoms. The zero-order chi connectivity index (χ0) is 16.0. The molecule has 0 unspecified atom stereocenters. The van der Waals surface area contributed by atoms with Crippen molar-refractivity contribution in [1.82, 2.24) is 0 Å². The van der Waals surface area contributed by atoms with E-state index in [9.17, 15) is 19.2 Å². The lowest BCUT2D eigenvalue weighted by molar-refractivity contribution is -0.135. The molecule has 0 rings (SSSR count). The van der Waals surface area contributed by atoms with Gasteiger partial charge < -0.3 is 0 Å². The first-order valence-corrected chi connectivity index (χ1v) is 7.44. The molecular weight excluding hydrogens is 256 g/mol. The van der Waals surface area contributed by atoms with E-state index in [1.54, 1.807) is 0 Å². The maximum Gasteiger partial charge on any atom is 0.198 e. The van der Waals surface area contributed by atoms with Crippen LogP contribution in [0.5, 0.6) is 0 Å². The Kier molecular flexibility index (Phi) is 14.8. The summed E-state index contributed by atoms with van der Waals surface area (Å²) >= 11 is 0. The van der Waals surface area contributed by atoms with Crippen LogP contribution in [-0.2, 0) is 19.2 Å². The van der Waals surface area contributed by atoms with Crippen LogP contribution in [0.25, 0.3) is 0 Å². The van der Waals surface area contributed by atoms with Crippen LogP contribution in [0.15, 0.2) is 0 Å². The zero-order valence-corrected chi connectivity index (χ0v) is 13.3. The smallest absolute Gasteiger partial charge is 0.198 e. The number of carbonyl (C=O) groups is 4. The van der Waals surface area contributed by atoms with Crippen molar-refractivity contribution in [3.63, 3.8) is 0 Å². The van der Waals surface area contributed by atoms with Crippen molar-refractivity contribution in [3.8, 4) is 0 Å². The van der Waals surface area contributed by atoms with Crippen molar-refractivity contribution in [2.75, 3.05) is 0 Å². The summed E-state index contributed by atoms with van der Waals surface area (Å²) in [6.07, 6.45) is 6.84. The van der Waals surface area contributed by atoms with Gasteiger partial charge in [-0.25, -0.2) is 0 Å². The summed E-state index contributed by atoms with van der Waals surface area (Å²) in [5, 5.41) is 0. The number of Topliss-reactive ketones (excluding diaryl/α,β-unsaturated/α-hetero) is 4. The molecule has 0 aliphatic rings. The average Bonchev–Trinajstić information content (AvgIpc) is 2.39. The minimum atomic E-state index is -0.309. The third-order valence-corrected chi connectivity index (χ3v) is 2.80. The number of hydrogen-bond donors (Lipinski definition) is 0. The molecule has 0 aromatic carbocycles. The minimum Gasteiger partial charge on any atom is -0.291 e. The molecule has 0 bridgehead atoms. The molecular formula is C16H28O4. The molecule has 116 valence electrons. The van der Waals surface area contributed by atoms with E-state index in [2.05, 4.69) is 13.8 Å². The molecule has 4 nitrogen and oxygen atoms in total. The fourth-order valence-corrected chi connectivity index (χ4v) is 1.42. The van der Waals surface area contributed by atoms with Gasteiger partial charge in [-0.3, -0.25) is 19.2 Å². The number of carbonyl (C=O) groups excluding carboxylic acids is 4. The molecule has 0 radical (unpaired) electrons. The van der Waals surface area contributed by atoms with Crippen LogP contribution in [0.4, 0.5) is 0 Å². The van der Waals surface area contributed by atoms with E-state index in [-0.39, 0.29) is 23.1 Å². The Morgan fingerprint density at radius 3 is 1.10 bits per heavy atom. The third kappa shape index (κ3) is 14.7. The van der Waals surface area contributed by atoms with Gasteiger partial charge in [0.2, 0.25) is 0 Å². The molecule has 0 aliphatic heterocycles. The fraction of sp³-hybridized carbons (Fsp3) is 0.750. The first-order valence-electron chi connectivity index (χ1n) is 7.44. The van der Waals surface area contributed by atoms with E-state index >= 15 is 0 Å². The van der Waals surface area contributed by atoms with E-state index in [4.69, 9.17) is 0 Å². The molecule has 0 amide bonds. The topological polar surface area (TPSA) is 68.3 Å². The number of ketones is 4. The van der Waals surface area contributed by atoms with Gasteiger partial charge in [-0.05, 0) is 12.8 Å². The molecule has 0 saturated carbocycles. The largest absolute Gasteiger partial charge is 0.291 e. The van der Waals surface area contributed by atoms with Crippen LogP contribution >= 0.6 is 0 Å². The molecule has 0 saturated heterocycles. The maximum atomic E-state index is 10.7. The second-order valence-electron chi connectivity index (χ2n) is 4.87. The molecule has 0 heterocycles. The zero-order valence-electron chi connectivity index (χ0n) is 13.3. The van der Waals surface area contributed by atoms with Gasteiger partial charge in [0.05, 0.1) is 0 Å². The SMILES string of the molecule is CCCCCC(=O)C(C)=O.CCCCCC(=O)C(C)=O. The van der Waals surface area contributed by atoms with Crippen LogP contribution in [0.1, 0.15) is 79.1 Å². The lowest BCUT2D eigenvalue weighted by Crippen LogP contribution is -2.08. The Hall–Kier alpha value is -1.32. The van der Waals surface area contributed by atoms with Gasteiger partial charge in [-0.1, -0.05) is 39.5 Å². The van der Waals surface area contributed by atoms with Crippen LogP contribution in [-0.4, -0.2) is 23.1 Å². The highest BCUT2D eigenvalue weighted by atomic mass is 16.2. The molecule has 0 atom stereocenters. The van der Waals surface area contributed by atoms with Gasteiger partial charge in [0.15, 0.2) is 23.1 Å². The first kappa shape index (κ1) is 21.0. The van der Waals surface area contributed by atoms with Crippen molar-refractivity contribution in [2.24, 2.45) is 0 Å². The van der Waals surface area contributed by atoms with Crippen molar-refractivity contribution < 1.29 is 19.2 Å².